The van der Waals surface area contributed by atoms with Crippen LogP contribution in [0.5, 0.6) is 0 Å². The van der Waals surface area contributed by atoms with Crippen LogP contribution in [0.15, 0.2) is 0 Å². The maximum Gasteiger partial charge on any atom is 0.320 e. The first kappa shape index (κ1) is 16.6. The first-order chi connectivity index (χ1) is 11.7. The number of carbonyl (C=O) groups excluding carboxylic acids is 1. The molecular weight excluding hydrogens is 306 g/mol. The van der Waals surface area contributed by atoms with Crippen LogP contribution in [0.1, 0.15) is 32.1 Å². The number of ether oxygens (including phenoxy) is 2. The molecule has 6 heteroatoms. The average Bonchev–Trinajstić information content (AvgIpc) is 3.30. The Hall–Kier alpha value is -0.850. The lowest BCUT2D eigenvalue weighted by atomic mass is 9.94. The van der Waals surface area contributed by atoms with Gasteiger partial charge in [-0.15, -0.1) is 0 Å². The molecule has 4 fully saturated rings. The van der Waals surface area contributed by atoms with Crippen molar-refractivity contribution in [3.63, 3.8) is 0 Å². The fourth-order valence-corrected chi connectivity index (χ4v) is 4.77. The van der Waals surface area contributed by atoms with E-state index in [2.05, 4.69) is 4.90 Å². The lowest BCUT2D eigenvalue weighted by molar-refractivity contribution is -0.0537. The van der Waals surface area contributed by atoms with Gasteiger partial charge in [0.25, 0.3) is 0 Å². The lowest BCUT2D eigenvalue weighted by Gasteiger charge is -2.33. The highest BCUT2D eigenvalue weighted by atomic mass is 16.5. The Bertz CT molecular complexity index is 449. The summed E-state index contributed by atoms with van der Waals surface area (Å²) in [6.07, 6.45) is 5.96. The Morgan fingerprint density at radius 1 is 1.00 bits per heavy atom. The molecule has 2 amide bonds. The van der Waals surface area contributed by atoms with Gasteiger partial charge >= 0.3 is 6.03 Å². The largest absolute Gasteiger partial charge is 0.377 e. The summed E-state index contributed by atoms with van der Waals surface area (Å²) < 4.78 is 12.1. The molecule has 0 aromatic heterocycles. The number of amides is 2. The van der Waals surface area contributed by atoms with Crippen molar-refractivity contribution in [2.45, 2.75) is 37.7 Å². The quantitative estimate of drug-likeness (QED) is 0.764. The standard InChI is InChI=1S/C18H31N3O3/c22-17(20-7-3-4-8-20)21-9-10-23-15-18(14-21)11-16(13-24-18)12-19-5-1-2-6-19/h16H,1-15H2/t16-,18+/m0/s1. The predicted octanol–water partition coefficient (Wildman–Crippen LogP) is 1.41. The molecular formula is C18H31N3O3. The molecule has 0 bridgehead atoms. The molecule has 4 rings (SSSR count). The smallest absolute Gasteiger partial charge is 0.320 e. The molecule has 136 valence electrons. The molecule has 4 saturated heterocycles. The van der Waals surface area contributed by atoms with Gasteiger partial charge in [0.15, 0.2) is 0 Å². The van der Waals surface area contributed by atoms with Crippen molar-refractivity contribution in [2.75, 3.05) is 65.6 Å². The van der Waals surface area contributed by atoms with Gasteiger partial charge in [0.2, 0.25) is 0 Å². The molecule has 0 aromatic carbocycles. The van der Waals surface area contributed by atoms with Crippen LogP contribution in [0, 0.1) is 5.92 Å². The van der Waals surface area contributed by atoms with Gasteiger partial charge in [0.05, 0.1) is 26.4 Å². The second-order valence-electron chi connectivity index (χ2n) is 8.02. The summed E-state index contributed by atoms with van der Waals surface area (Å²) in [6.45, 7) is 8.88. The minimum Gasteiger partial charge on any atom is -0.377 e. The van der Waals surface area contributed by atoms with E-state index in [1.54, 1.807) is 0 Å². The molecule has 0 saturated carbocycles. The first-order valence-corrected chi connectivity index (χ1v) is 9.72. The number of hydrogen-bond donors (Lipinski definition) is 0. The Morgan fingerprint density at radius 3 is 2.54 bits per heavy atom. The van der Waals surface area contributed by atoms with Crippen molar-refractivity contribution in [3.05, 3.63) is 0 Å². The van der Waals surface area contributed by atoms with E-state index in [1.807, 2.05) is 9.80 Å². The van der Waals surface area contributed by atoms with E-state index in [0.29, 0.717) is 32.2 Å². The summed E-state index contributed by atoms with van der Waals surface area (Å²) in [5.74, 6) is 0.577. The average molecular weight is 337 g/mol. The van der Waals surface area contributed by atoms with E-state index >= 15 is 0 Å². The Labute approximate surface area is 145 Å². The minimum absolute atomic E-state index is 0.184. The van der Waals surface area contributed by atoms with Gasteiger partial charge < -0.3 is 24.2 Å². The molecule has 24 heavy (non-hydrogen) atoms. The molecule has 0 aromatic rings. The van der Waals surface area contributed by atoms with Crippen molar-refractivity contribution in [1.29, 1.82) is 0 Å². The minimum atomic E-state index is -0.281. The molecule has 1 spiro atoms. The van der Waals surface area contributed by atoms with Gasteiger partial charge in [0.1, 0.15) is 5.60 Å². The highest BCUT2D eigenvalue weighted by Crippen LogP contribution is 2.34. The van der Waals surface area contributed by atoms with Crippen molar-refractivity contribution < 1.29 is 14.3 Å². The van der Waals surface area contributed by atoms with Gasteiger partial charge in [-0.25, -0.2) is 4.79 Å². The molecule has 4 aliphatic heterocycles. The lowest BCUT2D eigenvalue weighted by Crippen LogP contribution is -2.50. The van der Waals surface area contributed by atoms with Crippen LogP contribution in [0.25, 0.3) is 0 Å². The zero-order valence-electron chi connectivity index (χ0n) is 14.8. The van der Waals surface area contributed by atoms with Crippen molar-refractivity contribution in [3.8, 4) is 0 Å². The van der Waals surface area contributed by atoms with Crippen LogP contribution in [0.4, 0.5) is 4.79 Å². The van der Waals surface area contributed by atoms with E-state index in [9.17, 15) is 4.79 Å². The summed E-state index contributed by atoms with van der Waals surface area (Å²) >= 11 is 0. The van der Waals surface area contributed by atoms with Crippen molar-refractivity contribution in [1.82, 2.24) is 14.7 Å². The van der Waals surface area contributed by atoms with Crippen LogP contribution < -0.4 is 0 Å². The van der Waals surface area contributed by atoms with Gasteiger partial charge in [-0.05, 0) is 51.1 Å². The van der Waals surface area contributed by atoms with Crippen molar-refractivity contribution >= 4 is 6.03 Å². The Balaban J connectivity index is 1.37. The highest BCUT2D eigenvalue weighted by molar-refractivity contribution is 5.74. The third kappa shape index (κ3) is 3.55. The predicted molar refractivity (Wildman–Crippen MR) is 91.1 cm³/mol. The fourth-order valence-electron chi connectivity index (χ4n) is 4.77. The van der Waals surface area contributed by atoms with E-state index < -0.39 is 0 Å². The van der Waals surface area contributed by atoms with Gasteiger partial charge in [0, 0.05) is 26.2 Å². The molecule has 0 radical (unpaired) electrons. The molecule has 0 aliphatic carbocycles. The molecule has 2 atom stereocenters. The van der Waals surface area contributed by atoms with Crippen LogP contribution in [-0.2, 0) is 9.47 Å². The van der Waals surface area contributed by atoms with E-state index in [1.165, 1.54) is 25.9 Å². The number of nitrogens with zero attached hydrogens (tertiary/aromatic N) is 3. The Kier molecular flexibility index (Phi) is 4.97. The first-order valence-electron chi connectivity index (χ1n) is 9.72. The summed E-state index contributed by atoms with van der Waals surface area (Å²) in [4.78, 5) is 19.3. The number of rotatable bonds is 2. The molecule has 0 unspecified atom stereocenters. The molecule has 4 heterocycles. The normalized spacial score (nSPS) is 35.1. The van der Waals surface area contributed by atoms with Crippen LogP contribution in [-0.4, -0.2) is 92.0 Å². The topological polar surface area (TPSA) is 45.2 Å². The molecule has 6 nitrogen and oxygen atoms in total. The van der Waals surface area contributed by atoms with Gasteiger partial charge in [-0.1, -0.05) is 0 Å². The summed E-state index contributed by atoms with van der Waals surface area (Å²) in [5, 5.41) is 0. The van der Waals surface area contributed by atoms with Crippen LogP contribution in [0.2, 0.25) is 0 Å². The van der Waals surface area contributed by atoms with E-state index in [0.717, 1.165) is 45.5 Å². The highest BCUT2D eigenvalue weighted by Gasteiger charge is 2.45. The van der Waals surface area contributed by atoms with E-state index in [-0.39, 0.29) is 11.6 Å². The monoisotopic (exact) mass is 337 g/mol. The third-order valence-corrected chi connectivity index (χ3v) is 6.00. The SMILES string of the molecule is O=C(N1CCCC1)N1CCOC[C@@]2(C[C@@H](CN3CCCC3)CO2)C1. The van der Waals surface area contributed by atoms with Crippen LogP contribution >= 0.6 is 0 Å². The van der Waals surface area contributed by atoms with Gasteiger partial charge in [-0.2, -0.15) is 0 Å². The summed E-state index contributed by atoms with van der Waals surface area (Å²) in [6, 6.07) is 0.184. The number of hydrogen-bond acceptors (Lipinski definition) is 4. The summed E-state index contributed by atoms with van der Waals surface area (Å²) in [7, 11) is 0. The zero-order valence-corrected chi connectivity index (χ0v) is 14.8. The maximum absolute atomic E-state index is 12.8. The van der Waals surface area contributed by atoms with Crippen molar-refractivity contribution in [2.24, 2.45) is 5.92 Å². The third-order valence-electron chi connectivity index (χ3n) is 6.00. The fraction of sp³-hybridized carbons (Fsp3) is 0.944. The van der Waals surface area contributed by atoms with Crippen LogP contribution in [0.3, 0.4) is 0 Å². The molecule has 0 N–H and O–H groups in total. The Morgan fingerprint density at radius 2 is 1.75 bits per heavy atom. The number of carbonyl (C=O) groups is 1. The number of likely N-dealkylation sites (tertiary alicyclic amines) is 2. The second-order valence-corrected chi connectivity index (χ2v) is 8.02. The van der Waals surface area contributed by atoms with E-state index in [4.69, 9.17) is 9.47 Å². The molecule has 4 aliphatic rings. The number of urea groups is 1. The zero-order chi connectivity index (χ0) is 16.4. The summed E-state index contributed by atoms with van der Waals surface area (Å²) in [5.41, 5.74) is -0.281. The van der Waals surface area contributed by atoms with Gasteiger partial charge in [-0.3, -0.25) is 0 Å². The second kappa shape index (κ2) is 7.18. The maximum atomic E-state index is 12.8.